The van der Waals surface area contributed by atoms with Gasteiger partial charge >= 0.3 is 0 Å². The van der Waals surface area contributed by atoms with E-state index >= 15 is 0 Å². The highest BCUT2D eigenvalue weighted by Gasteiger charge is 2.21. The maximum atomic E-state index is 4.86. The van der Waals surface area contributed by atoms with E-state index in [9.17, 15) is 0 Å². The average molecular weight is 336 g/mol. The van der Waals surface area contributed by atoms with E-state index in [2.05, 4.69) is 33.0 Å². The first-order valence-corrected chi connectivity index (χ1v) is 8.61. The number of hydrogen-bond acceptors (Lipinski definition) is 3. The number of benzene rings is 3. The summed E-state index contributed by atoms with van der Waals surface area (Å²) in [5, 5.41) is 9.20. The van der Waals surface area contributed by atoms with Crippen LogP contribution < -0.4 is 0 Å². The van der Waals surface area contributed by atoms with Crippen LogP contribution in [0, 0.1) is 0 Å². The molecule has 1 aliphatic rings. The number of nitrogens with zero attached hydrogens (tertiary/aromatic N) is 4. The molecule has 3 aromatic carbocycles. The van der Waals surface area contributed by atoms with Crippen molar-refractivity contribution in [2.75, 3.05) is 0 Å². The summed E-state index contributed by atoms with van der Waals surface area (Å²) in [5.41, 5.74) is 5.89. The van der Waals surface area contributed by atoms with Gasteiger partial charge in [0.15, 0.2) is 5.82 Å². The molecule has 0 saturated heterocycles. The summed E-state index contributed by atoms with van der Waals surface area (Å²) in [7, 11) is 0. The molecule has 124 valence electrons. The number of rotatable bonds is 2. The first-order valence-electron chi connectivity index (χ1n) is 8.61. The minimum Gasteiger partial charge on any atom is -0.316 e. The molecule has 0 aliphatic carbocycles. The lowest BCUT2D eigenvalue weighted by molar-refractivity contribution is 0.873. The van der Waals surface area contributed by atoms with Crippen LogP contribution in [0.4, 0.5) is 0 Å². The molecule has 0 spiro atoms. The van der Waals surface area contributed by atoms with Crippen LogP contribution in [0.2, 0.25) is 0 Å². The number of hydrogen-bond donors (Lipinski definition) is 0. The van der Waals surface area contributed by atoms with Crippen molar-refractivity contribution in [3.63, 3.8) is 0 Å². The molecule has 4 nitrogen and oxygen atoms in total. The summed E-state index contributed by atoms with van der Waals surface area (Å²) in [5.74, 6) is 0.854. The highest BCUT2D eigenvalue weighted by atomic mass is 15.3. The van der Waals surface area contributed by atoms with Crippen molar-refractivity contribution in [1.29, 1.82) is 0 Å². The first-order chi connectivity index (χ1) is 12.9. The molecule has 0 bridgehead atoms. The largest absolute Gasteiger partial charge is 0.316 e. The van der Waals surface area contributed by atoms with Crippen LogP contribution >= 0.6 is 0 Å². The molecule has 4 aromatic rings. The smallest absolute Gasteiger partial charge is 0.162 e. The molecule has 1 aliphatic heterocycles. The van der Waals surface area contributed by atoms with Gasteiger partial charge in [-0.05, 0) is 17.7 Å². The SMILES string of the molecule is c1ccc(C2=NN=C(c3ccccc3)c3nc4ccccc4n3C2)cc1. The molecule has 0 radical (unpaired) electrons. The van der Waals surface area contributed by atoms with Crippen LogP contribution in [-0.2, 0) is 6.54 Å². The second kappa shape index (κ2) is 6.08. The molecule has 4 heteroatoms. The van der Waals surface area contributed by atoms with Crippen LogP contribution in [0.1, 0.15) is 17.0 Å². The summed E-state index contributed by atoms with van der Waals surface area (Å²) in [6.45, 7) is 0.639. The van der Waals surface area contributed by atoms with Crippen LogP contribution in [0.5, 0.6) is 0 Å². The molecule has 0 unspecified atom stereocenters. The molecule has 5 rings (SSSR count). The van der Waals surface area contributed by atoms with Gasteiger partial charge in [-0.3, -0.25) is 0 Å². The van der Waals surface area contributed by atoms with E-state index in [0.717, 1.165) is 39.4 Å². The fraction of sp³-hybridized carbons (Fsp3) is 0.0455. The Kier molecular flexibility index (Phi) is 3.46. The monoisotopic (exact) mass is 336 g/mol. The maximum absolute atomic E-state index is 4.86. The van der Waals surface area contributed by atoms with Gasteiger partial charge in [0.2, 0.25) is 0 Å². The quantitative estimate of drug-likeness (QED) is 0.538. The number of aromatic nitrogens is 2. The third-order valence-electron chi connectivity index (χ3n) is 4.60. The molecule has 26 heavy (non-hydrogen) atoms. The second-order valence-electron chi connectivity index (χ2n) is 6.24. The Hall–Kier alpha value is -3.53. The van der Waals surface area contributed by atoms with Crippen molar-refractivity contribution in [2.24, 2.45) is 10.2 Å². The zero-order valence-corrected chi connectivity index (χ0v) is 14.1. The topological polar surface area (TPSA) is 42.5 Å². The molecular weight excluding hydrogens is 320 g/mol. The minimum atomic E-state index is 0.639. The Morgan fingerprint density at radius 3 is 2.08 bits per heavy atom. The van der Waals surface area contributed by atoms with E-state index in [1.807, 2.05) is 66.7 Å². The fourth-order valence-electron chi connectivity index (χ4n) is 3.32. The summed E-state index contributed by atoms with van der Waals surface area (Å²) in [6, 6.07) is 28.5. The van der Waals surface area contributed by atoms with E-state index in [-0.39, 0.29) is 0 Å². The second-order valence-corrected chi connectivity index (χ2v) is 6.24. The number of fused-ring (bicyclic) bond motifs is 3. The average Bonchev–Trinajstić information content (AvgIpc) is 2.96. The normalized spacial score (nSPS) is 13.7. The number of imidazole rings is 1. The zero-order chi connectivity index (χ0) is 17.3. The van der Waals surface area contributed by atoms with E-state index in [1.54, 1.807) is 0 Å². The Labute approximate surface area is 151 Å². The Morgan fingerprint density at radius 1 is 0.654 bits per heavy atom. The van der Waals surface area contributed by atoms with E-state index in [0.29, 0.717) is 6.54 Å². The van der Waals surface area contributed by atoms with E-state index in [1.165, 1.54) is 0 Å². The zero-order valence-electron chi connectivity index (χ0n) is 14.1. The van der Waals surface area contributed by atoms with E-state index < -0.39 is 0 Å². The van der Waals surface area contributed by atoms with Crippen molar-refractivity contribution in [3.8, 4) is 0 Å². The fourth-order valence-corrected chi connectivity index (χ4v) is 3.32. The van der Waals surface area contributed by atoms with Crippen molar-refractivity contribution in [1.82, 2.24) is 9.55 Å². The summed E-state index contributed by atoms with van der Waals surface area (Å²) in [6.07, 6.45) is 0. The predicted molar refractivity (Wildman–Crippen MR) is 105 cm³/mol. The third kappa shape index (κ3) is 2.43. The lowest BCUT2D eigenvalue weighted by Gasteiger charge is -2.09. The Bertz CT molecular complexity index is 1140. The van der Waals surface area contributed by atoms with Gasteiger partial charge in [0, 0.05) is 5.56 Å². The van der Waals surface area contributed by atoms with Gasteiger partial charge in [0.25, 0.3) is 0 Å². The molecule has 0 fully saturated rings. The van der Waals surface area contributed by atoms with Crippen molar-refractivity contribution < 1.29 is 0 Å². The predicted octanol–water partition coefficient (Wildman–Crippen LogP) is 4.29. The highest BCUT2D eigenvalue weighted by molar-refractivity contribution is 6.14. The minimum absolute atomic E-state index is 0.639. The first kappa shape index (κ1) is 14.8. The van der Waals surface area contributed by atoms with Gasteiger partial charge in [0.05, 0.1) is 23.3 Å². The lowest BCUT2D eigenvalue weighted by Crippen LogP contribution is -2.15. The van der Waals surface area contributed by atoms with Gasteiger partial charge in [-0.25, -0.2) is 4.98 Å². The van der Waals surface area contributed by atoms with Crippen molar-refractivity contribution >= 4 is 22.5 Å². The van der Waals surface area contributed by atoms with Crippen LogP contribution in [0.15, 0.2) is 95.1 Å². The molecule has 1 aromatic heterocycles. The molecule has 0 atom stereocenters. The van der Waals surface area contributed by atoms with Gasteiger partial charge in [-0.15, -0.1) is 5.10 Å². The van der Waals surface area contributed by atoms with Gasteiger partial charge in [-0.1, -0.05) is 72.8 Å². The van der Waals surface area contributed by atoms with Crippen molar-refractivity contribution in [2.45, 2.75) is 6.54 Å². The Balaban J connectivity index is 1.76. The molecule has 0 saturated carbocycles. The lowest BCUT2D eigenvalue weighted by atomic mass is 10.1. The van der Waals surface area contributed by atoms with E-state index in [4.69, 9.17) is 4.98 Å². The van der Waals surface area contributed by atoms with Gasteiger partial charge < -0.3 is 4.57 Å². The molecule has 0 N–H and O–H groups in total. The van der Waals surface area contributed by atoms with Crippen LogP contribution in [0.3, 0.4) is 0 Å². The Morgan fingerprint density at radius 2 is 1.31 bits per heavy atom. The van der Waals surface area contributed by atoms with Crippen molar-refractivity contribution in [3.05, 3.63) is 102 Å². The van der Waals surface area contributed by atoms with Gasteiger partial charge in [-0.2, -0.15) is 5.10 Å². The highest BCUT2D eigenvalue weighted by Crippen LogP contribution is 2.22. The van der Waals surface area contributed by atoms with Crippen LogP contribution in [-0.4, -0.2) is 21.0 Å². The van der Waals surface area contributed by atoms with Crippen LogP contribution in [0.25, 0.3) is 11.0 Å². The summed E-state index contributed by atoms with van der Waals surface area (Å²) in [4.78, 5) is 4.86. The van der Waals surface area contributed by atoms with Gasteiger partial charge in [0.1, 0.15) is 5.71 Å². The standard InChI is InChI=1S/C22H16N4/c1-3-9-16(10-4-1)19-15-26-20-14-8-7-13-18(20)23-22(26)21(25-24-19)17-11-5-2-6-12-17/h1-14H,15H2. The summed E-state index contributed by atoms with van der Waals surface area (Å²) >= 11 is 0. The summed E-state index contributed by atoms with van der Waals surface area (Å²) < 4.78 is 2.21. The molecule has 2 heterocycles. The molecule has 0 amide bonds. The maximum Gasteiger partial charge on any atom is 0.162 e. The number of para-hydroxylation sites is 2. The third-order valence-corrected chi connectivity index (χ3v) is 4.60. The molecular formula is C22H16N4.